The van der Waals surface area contributed by atoms with Crippen LogP contribution in [0.25, 0.3) is 0 Å². The molecule has 0 saturated carbocycles. The lowest BCUT2D eigenvalue weighted by molar-refractivity contribution is 0.209. The summed E-state index contributed by atoms with van der Waals surface area (Å²) in [5.74, 6) is 1.45. The predicted molar refractivity (Wildman–Crippen MR) is 79.8 cm³/mol. The first kappa shape index (κ1) is 16.0. The van der Waals surface area contributed by atoms with Crippen molar-refractivity contribution in [3.63, 3.8) is 0 Å². The van der Waals surface area contributed by atoms with Crippen molar-refractivity contribution in [3.05, 3.63) is 29.8 Å². The number of ether oxygens (including phenoxy) is 1. The second-order valence-corrected chi connectivity index (χ2v) is 5.19. The van der Waals surface area contributed by atoms with Crippen LogP contribution in [0.3, 0.4) is 0 Å². The fourth-order valence-electron chi connectivity index (χ4n) is 1.87. The molecule has 0 amide bonds. The number of nitrogens with one attached hydrogen (secondary N) is 1. The van der Waals surface area contributed by atoms with Crippen LogP contribution in [0.2, 0.25) is 0 Å². The van der Waals surface area contributed by atoms with E-state index in [-0.39, 0.29) is 12.6 Å². The van der Waals surface area contributed by atoms with Crippen LogP contribution < -0.4 is 10.1 Å². The quantitative estimate of drug-likeness (QED) is 0.721. The number of benzene rings is 1. The van der Waals surface area contributed by atoms with E-state index in [4.69, 9.17) is 4.74 Å². The molecule has 19 heavy (non-hydrogen) atoms. The highest BCUT2D eigenvalue weighted by Crippen LogP contribution is 2.18. The molecule has 0 heterocycles. The van der Waals surface area contributed by atoms with Crippen molar-refractivity contribution < 1.29 is 9.84 Å². The first-order valence-corrected chi connectivity index (χ1v) is 7.24. The summed E-state index contributed by atoms with van der Waals surface area (Å²) in [7, 11) is 0. The largest absolute Gasteiger partial charge is 0.494 e. The molecule has 0 bridgehead atoms. The zero-order valence-corrected chi connectivity index (χ0v) is 12.4. The van der Waals surface area contributed by atoms with E-state index in [0.29, 0.717) is 12.5 Å². The summed E-state index contributed by atoms with van der Waals surface area (Å²) in [6.45, 7) is 8.21. The minimum atomic E-state index is 0.134. The van der Waals surface area contributed by atoms with Crippen molar-refractivity contribution in [2.45, 2.75) is 45.6 Å². The molecule has 1 atom stereocenters. The maximum Gasteiger partial charge on any atom is 0.119 e. The standard InChI is InChI=1S/C16H27NO2/c1-4-10-17-15(12-18)9-11-19-16-7-5-14(6-8-16)13(2)3/h5-8,13,15,17-18H,4,9-12H2,1-3H3. The third-order valence-corrected chi connectivity index (χ3v) is 3.19. The summed E-state index contributed by atoms with van der Waals surface area (Å²) in [5.41, 5.74) is 1.32. The van der Waals surface area contributed by atoms with Gasteiger partial charge in [-0.2, -0.15) is 0 Å². The molecule has 0 aliphatic heterocycles. The van der Waals surface area contributed by atoms with Crippen LogP contribution in [0.5, 0.6) is 5.75 Å². The molecule has 0 saturated heterocycles. The lowest BCUT2D eigenvalue weighted by Gasteiger charge is -2.16. The van der Waals surface area contributed by atoms with Crippen molar-refractivity contribution in [2.75, 3.05) is 19.8 Å². The monoisotopic (exact) mass is 265 g/mol. The molecule has 0 radical (unpaired) electrons. The summed E-state index contributed by atoms with van der Waals surface area (Å²) < 4.78 is 5.70. The number of aliphatic hydroxyl groups is 1. The summed E-state index contributed by atoms with van der Waals surface area (Å²) >= 11 is 0. The van der Waals surface area contributed by atoms with Crippen LogP contribution in [-0.4, -0.2) is 30.9 Å². The lowest BCUT2D eigenvalue weighted by atomic mass is 10.0. The zero-order valence-electron chi connectivity index (χ0n) is 12.4. The van der Waals surface area contributed by atoms with Crippen LogP contribution >= 0.6 is 0 Å². The smallest absolute Gasteiger partial charge is 0.119 e. The third kappa shape index (κ3) is 6.08. The van der Waals surface area contributed by atoms with Crippen molar-refractivity contribution in [1.82, 2.24) is 5.32 Å². The molecule has 0 fully saturated rings. The Bertz CT molecular complexity index is 335. The Kier molecular flexibility index (Phi) is 7.53. The van der Waals surface area contributed by atoms with E-state index in [1.165, 1.54) is 5.56 Å². The van der Waals surface area contributed by atoms with E-state index < -0.39 is 0 Å². The molecule has 3 nitrogen and oxygen atoms in total. The predicted octanol–water partition coefficient (Wildman–Crippen LogP) is 2.94. The minimum Gasteiger partial charge on any atom is -0.494 e. The van der Waals surface area contributed by atoms with E-state index in [9.17, 15) is 5.11 Å². The van der Waals surface area contributed by atoms with Gasteiger partial charge in [0.05, 0.1) is 13.2 Å². The lowest BCUT2D eigenvalue weighted by Crippen LogP contribution is -2.34. The molecular formula is C16H27NO2. The maximum absolute atomic E-state index is 9.23. The highest BCUT2D eigenvalue weighted by molar-refractivity contribution is 5.28. The minimum absolute atomic E-state index is 0.134. The second kappa shape index (κ2) is 8.94. The number of aliphatic hydroxyl groups excluding tert-OH is 1. The SMILES string of the molecule is CCCNC(CO)CCOc1ccc(C(C)C)cc1. The van der Waals surface area contributed by atoms with Gasteiger partial charge in [0.25, 0.3) is 0 Å². The zero-order chi connectivity index (χ0) is 14.1. The second-order valence-electron chi connectivity index (χ2n) is 5.19. The molecule has 3 heteroatoms. The van der Waals surface area contributed by atoms with Crippen molar-refractivity contribution in [2.24, 2.45) is 0 Å². The van der Waals surface area contributed by atoms with Crippen molar-refractivity contribution >= 4 is 0 Å². The summed E-state index contributed by atoms with van der Waals surface area (Å²) in [4.78, 5) is 0. The van der Waals surface area contributed by atoms with Crippen LogP contribution in [0, 0.1) is 0 Å². The van der Waals surface area contributed by atoms with Crippen LogP contribution in [0.15, 0.2) is 24.3 Å². The van der Waals surface area contributed by atoms with E-state index >= 15 is 0 Å². The topological polar surface area (TPSA) is 41.5 Å². The van der Waals surface area contributed by atoms with Gasteiger partial charge in [0, 0.05) is 6.04 Å². The molecule has 1 unspecified atom stereocenters. The van der Waals surface area contributed by atoms with Gasteiger partial charge in [-0.25, -0.2) is 0 Å². The summed E-state index contributed by atoms with van der Waals surface area (Å²) in [6, 6.07) is 8.39. The highest BCUT2D eigenvalue weighted by Gasteiger charge is 2.06. The van der Waals surface area contributed by atoms with Gasteiger partial charge in [-0.15, -0.1) is 0 Å². The Morgan fingerprint density at radius 1 is 1.21 bits per heavy atom. The van der Waals surface area contributed by atoms with Gasteiger partial charge in [-0.1, -0.05) is 32.9 Å². The Labute approximate surface area is 117 Å². The Balaban J connectivity index is 2.31. The Morgan fingerprint density at radius 2 is 1.89 bits per heavy atom. The van der Waals surface area contributed by atoms with Gasteiger partial charge in [-0.3, -0.25) is 0 Å². The average molecular weight is 265 g/mol. The van der Waals surface area contributed by atoms with Crippen LogP contribution in [-0.2, 0) is 0 Å². The van der Waals surface area contributed by atoms with E-state index in [1.54, 1.807) is 0 Å². The van der Waals surface area contributed by atoms with E-state index in [1.807, 2.05) is 12.1 Å². The molecule has 0 aliphatic rings. The summed E-state index contributed by atoms with van der Waals surface area (Å²) in [6.07, 6.45) is 1.90. The molecule has 0 spiro atoms. The fraction of sp³-hybridized carbons (Fsp3) is 0.625. The molecular weight excluding hydrogens is 238 g/mol. The molecule has 108 valence electrons. The molecule has 0 aromatic heterocycles. The number of hydrogen-bond acceptors (Lipinski definition) is 3. The third-order valence-electron chi connectivity index (χ3n) is 3.19. The first-order valence-electron chi connectivity index (χ1n) is 7.24. The Hall–Kier alpha value is -1.06. The molecule has 1 rings (SSSR count). The van der Waals surface area contributed by atoms with Crippen molar-refractivity contribution in [3.8, 4) is 5.75 Å². The van der Waals surface area contributed by atoms with Gasteiger partial charge >= 0.3 is 0 Å². The van der Waals surface area contributed by atoms with Crippen LogP contribution in [0.1, 0.15) is 45.1 Å². The van der Waals surface area contributed by atoms with E-state index in [2.05, 4.69) is 38.2 Å². The molecule has 0 aliphatic carbocycles. The van der Waals surface area contributed by atoms with Gasteiger partial charge < -0.3 is 15.2 Å². The molecule has 1 aromatic rings. The van der Waals surface area contributed by atoms with Crippen molar-refractivity contribution in [1.29, 1.82) is 0 Å². The summed E-state index contributed by atoms with van der Waals surface area (Å²) in [5, 5.41) is 12.5. The van der Waals surface area contributed by atoms with E-state index in [0.717, 1.165) is 25.1 Å². The normalized spacial score (nSPS) is 12.7. The maximum atomic E-state index is 9.23. The Morgan fingerprint density at radius 3 is 2.42 bits per heavy atom. The van der Waals surface area contributed by atoms with Gasteiger partial charge in [0.2, 0.25) is 0 Å². The fourth-order valence-corrected chi connectivity index (χ4v) is 1.87. The average Bonchev–Trinajstić information content (AvgIpc) is 2.43. The number of hydrogen-bond donors (Lipinski definition) is 2. The molecule has 1 aromatic carbocycles. The van der Waals surface area contributed by atoms with Gasteiger partial charge in [0.15, 0.2) is 0 Å². The van der Waals surface area contributed by atoms with Gasteiger partial charge in [0.1, 0.15) is 5.75 Å². The number of rotatable bonds is 9. The highest BCUT2D eigenvalue weighted by atomic mass is 16.5. The van der Waals surface area contributed by atoms with Crippen LogP contribution in [0.4, 0.5) is 0 Å². The first-order chi connectivity index (χ1) is 9.17. The van der Waals surface area contributed by atoms with Gasteiger partial charge in [-0.05, 0) is 43.0 Å². The molecule has 2 N–H and O–H groups in total.